The van der Waals surface area contributed by atoms with Gasteiger partial charge in [0.25, 0.3) is 0 Å². The molecule has 0 bridgehead atoms. The van der Waals surface area contributed by atoms with Gasteiger partial charge < -0.3 is 19.9 Å². The molecule has 2 rings (SSSR count). The number of hydrogen-bond donors (Lipinski definition) is 2. The summed E-state index contributed by atoms with van der Waals surface area (Å²) in [7, 11) is 1.84. The minimum Gasteiger partial charge on any atom is -0.480 e. The predicted molar refractivity (Wildman–Crippen MR) is 62.8 cm³/mol. The average Bonchev–Trinajstić information content (AvgIpc) is 3.07. The fourth-order valence-corrected chi connectivity index (χ4v) is 1.72. The largest absolute Gasteiger partial charge is 0.480 e. The number of carbonyl (C=O) groups excluding carboxylic acids is 1. The molecule has 1 heterocycles. The molecule has 1 aliphatic carbocycles. The molecule has 0 aliphatic heterocycles. The Labute approximate surface area is 104 Å². The van der Waals surface area contributed by atoms with Crippen LogP contribution in [0.2, 0.25) is 0 Å². The fourth-order valence-electron chi connectivity index (χ4n) is 1.72. The Morgan fingerprint density at radius 3 is 2.83 bits per heavy atom. The first kappa shape index (κ1) is 12.4. The zero-order valence-corrected chi connectivity index (χ0v) is 10.2. The number of aliphatic carboxylic acids is 1. The minimum atomic E-state index is -0.992. The number of hydrogen-bond acceptors (Lipinski definition) is 3. The van der Waals surface area contributed by atoms with Gasteiger partial charge in [-0.15, -0.1) is 0 Å². The Kier molecular flexibility index (Phi) is 3.50. The van der Waals surface area contributed by atoms with Crippen molar-refractivity contribution >= 4 is 12.0 Å². The number of nitrogens with zero attached hydrogens (tertiary/aromatic N) is 3. The summed E-state index contributed by atoms with van der Waals surface area (Å²) in [4.78, 5) is 28.0. The minimum absolute atomic E-state index is 0.0717. The van der Waals surface area contributed by atoms with E-state index in [1.54, 1.807) is 17.0 Å². The van der Waals surface area contributed by atoms with Crippen LogP contribution in [0, 0.1) is 0 Å². The van der Waals surface area contributed by atoms with Gasteiger partial charge in [0.05, 0.1) is 6.54 Å². The van der Waals surface area contributed by atoms with E-state index in [4.69, 9.17) is 5.11 Å². The van der Waals surface area contributed by atoms with Crippen LogP contribution in [0.5, 0.6) is 0 Å². The number of carboxylic acid groups (broad SMARTS) is 1. The average molecular weight is 252 g/mol. The summed E-state index contributed by atoms with van der Waals surface area (Å²) in [5.41, 5.74) is 0. The van der Waals surface area contributed by atoms with Gasteiger partial charge >= 0.3 is 12.0 Å². The molecule has 1 aliphatic rings. The van der Waals surface area contributed by atoms with Crippen LogP contribution in [-0.2, 0) is 18.4 Å². The van der Waals surface area contributed by atoms with Crippen molar-refractivity contribution < 1.29 is 14.7 Å². The maximum Gasteiger partial charge on any atom is 0.323 e. The van der Waals surface area contributed by atoms with Crippen molar-refractivity contribution in [2.75, 3.05) is 6.54 Å². The zero-order valence-electron chi connectivity index (χ0n) is 10.2. The van der Waals surface area contributed by atoms with Gasteiger partial charge in [0.15, 0.2) is 0 Å². The first-order valence-electron chi connectivity index (χ1n) is 5.80. The van der Waals surface area contributed by atoms with Crippen molar-refractivity contribution in [3.8, 4) is 0 Å². The molecule has 0 radical (unpaired) electrons. The molecule has 1 aromatic heterocycles. The van der Waals surface area contributed by atoms with Crippen LogP contribution in [0.4, 0.5) is 4.79 Å². The second kappa shape index (κ2) is 5.07. The second-order valence-electron chi connectivity index (χ2n) is 4.37. The summed E-state index contributed by atoms with van der Waals surface area (Å²) in [6, 6.07) is -0.273. The second-order valence-corrected chi connectivity index (χ2v) is 4.37. The van der Waals surface area contributed by atoms with Crippen molar-refractivity contribution in [2.45, 2.75) is 25.4 Å². The van der Waals surface area contributed by atoms with E-state index in [-0.39, 0.29) is 18.6 Å². The van der Waals surface area contributed by atoms with E-state index in [1.165, 1.54) is 4.90 Å². The third kappa shape index (κ3) is 2.99. The van der Waals surface area contributed by atoms with Gasteiger partial charge in [-0.25, -0.2) is 9.78 Å². The van der Waals surface area contributed by atoms with Gasteiger partial charge in [-0.2, -0.15) is 0 Å². The highest BCUT2D eigenvalue weighted by Crippen LogP contribution is 2.26. The third-order valence-electron chi connectivity index (χ3n) is 2.87. The third-order valence-corrected chi connectivity index (χ3v) is 2.87. The summed E-state index contributed by atoms with van der Waals surface area (Å²) in [5, 5.41) is 11.5. The van der Waals surface area contributed by atoms with E-state index in [0.717, 1.165) is 18.7 Å². The highest BCUT2D eigenvalue weighted by Gasteiger charge is 2.33. The van der Waals surface area contributed by atoms with Crippen LogP contribution in [0.1, 0.15) is 18.7 Å². The first-order chi connectivity index (χ1) is 8.58. The highest BCUT2D eigenvalue weighted by molar-refractivity contribution is 5.80. The molecule has 2 amide bonds. The molecule has 1 aromatic rings. The van der Waals surface area contributed by atoms with E-state index < -0.39 is 5.97 Å². The number of carboxylic acids is 1. The monoisotopic (exact) mass is 252 g/mol. The molecule has 0 spiro atoms. The molecular formula is C11H16N4O3. The summed E-state index contributed by atoms with van der Waals surface area (Å²) in [5.74, 6) is -0.261. The number of amides is 2. The molecule has 18 heavy (non-hydrogen) atoms. The van der Waals surface area contributed by atoms with Crippen molar-refractivity contribution in [2.24, 2.45) is 7.05 Å². The summed E-state index contributed by atoms with van der Waals surface area (Å²) in [6.07, 6.45) is 5.20. The molecule has 98 valence electrons. The van der Waals surface area contributed by atoms with E-state index in [0.29, 0.717) is 6.54 Å². The lowest BCUT2D eigenvalue weighted by molar-refractivity contribution is -0.137. The zero-order chi connectivity index (χ0) is 13.1. The standard InChI is InChI=1S/C11H16N4O3/c1-14-5-4-12-9(14)6-13-11(18)15(7-10(16)17)8-2-3-8/h4-5,8H,2-3,6-7H2,1H3,(H,13,18)(H,16,17). The summed E-state index contributed by atoms with van der Waals surface area (Å²) in [6.45, 7) is 0.0439. The van der Waals surface area contributed by atoms with Crippen LogP contribution in [-0.4, -0.2) is 44.1 Å². The maximum absolute atomic E-state index is 11.9. The van der Waals surface area contributed by atoms with Gasteiger partial charge in [0.1, 0.15) is 12.4 Å². The van der Waals surface area contributed by atoms with Crippen LogP contribution in [0.15, 0.2) is 12.4 Å². The molecule has 1 fully saturated rings. The van der Waals surface area contributed by atoms with E-state index in [2.05, 4.69) is 10.3 Å². The molecule has 0 aromatic carbocycles. The number of imidazole rings is 1. The number of nitrogens with one attached hydrogen (secondary N) is 1. The first-order valence-corrected chi connectivity index (χ1v) is 5.80. The van der Waals surface area contributed by atoms with Crippen LogP contribution in [0.25, 0.3) is 0 Å². The Morgan fingerprint density at radius 1 is 1.61 bits per heavy atom. The molecule has 0 atom stereocenters. The lowest BCUT2D eigenvalue weighted by atomic mass is 10.4. The van der Waals surface area contributed by atoms with Crippen molar-refractivity contribution in [1.82, 2.24) is 19.8 Å². The molecule has 7 heteroatoms. The summed E-state index contributed by atoms with van der Waals surface area (Å²) >= 11 is 0. The lowest BCUT2D eigenvalue weighted by Crippen LogP contribution is -2.44. The van der Waals surface area contributed by atoms with Crippen LogP contribution >= 0.6 is 0 Å². The van der Waals surface area contributed by atoms with Gasteiger partial charge in [0.2, 0.25) is 0 Å². The van der Waals surface area contributed by atoms with Crippen molar-refractivity contribution in [3.05, 3.63) is 18.2 Å². The SMILES string of the molecule is Cn1ccnc1CNC(=O)N(CC(=O)O)C1CC1. The van der Waals surface area contributed by atoms with Gasteiger partial charge in [0, 0.05) is 25.5 Å². The molecule has 0 saturated heterocycles. The Hall–Kier alpha value is -2.05. The molecular weight excluding hydrogens is 236 g/mol. The number of aromatic nitrogens is 2. The highest BCUT2D eigenvalue weighted by atomic mass is 16.4. The van der Waals surface area contributed by atoms with Gasteiger partial charge in [-0.1, -0.05) is 0 Å². The maximum atomic E-state index is 11.9. The number of urea groups is 1. The van der Waals surface area contributed by atoms with E-state index >= 15 is 0 Å². The van der Waals surface area contributed by atoms with E-state index in [9.17, 15) is 9.59 Å². The Balaban J connectivity index is 1.89. The Morgan fingerprint density at radius 2 is 2.33 bits per heavy atom. The quantitative estimate of drug-likeness (QED) is 0.782. The van der Waals surface area contributed by atoms with Gasteiger partial charge in [-0.05, 0) is 12.8 Å². The Bertz CT molecular complexity index is 453. The van der Waals surface area contributed by atoms with Crippen molar-refractivity contribution in [1.29, 1.82) is 0 Å². The van der Waals surface area contributed by atoms with Crippen LogP contribution in [0.3, 0.4) is 0 Å². The lowest BCUT2D eigenvalue weighted by Gasteiger charge is -2.20. The van der Waals surface area contributed by atoms with E-state index in [1.807, 2.05) is 7.05 Å². The number of carbonyl (C=O) groups is 2. The smallest absolute Gasteiger partial charge is 0.323 e. The molecule has 0 unspecified atom stereocenters. The predicted octanol–water partition coefficient (Wildman–Crippen LogP) is 0.179. The normalized spacial score (nSPS) is 14.3. The molecule has 2 N–H and O–H groups in total. The molecule has 7 nitrogen and oxygen atoms in total. The summed E-state index contributed by atoms with van der Waals surface area (Å²) < 4.78 is 1.80. The van der Waals surface area contributed by atoms with Crippen LogP contribution < -0.4 is 5.32 Å². The van der Waals surface area contributed by atoms with Crippen molar-refractivity contribution in [3.63, 3.8) is 0 Å². The van der Waals surface area contributed by atoms with Gasteiger partial charge in [-0.3, -0.25) is 4.79 Å². The fraction of sp³-hybridized carbons (Fsp3) is 0.545. The molecule has 1 saturated carbocycles. The number of rotatable bonds is 5. The topological polar surface area (TPSA) is 87.5 Å². The number of aryl methyl sites for hydroxylation is 1.